The molecule has 2 aliphatic carbocycles. The molecule has 6 nitrogen and oxygen atoms in total. The third kappa shape index (κ3) is 3.63. The molecule has 0 N–H and O–H groups in total. The molecule has 0 unspecified atom stereocenters. The van der Waals surface area contributed by atoms with Gasteiger partial charge in [0, 0.05) is 19.7 Å². The smallest absolute Gasteiger partial charge is 0.258 e. The molecule has 24 heavy (non-hydrogen) atoms. The Morgan fingerprint density at radius 3 is 2.62 bits per heavy atom. The Hall–Kier alpha value is -1.43. The molecule has 0 radical (unpaired) electrons. The van der Waals surface area contributed by atoms with Gasteiger partial charge in [0.2, 0.25) is 5.91 Å². The minimum atomic E-state index is -0.432. The predicted molar refractivity (Wildman–Crippen MR) is 89.4 cm³/mol. The van der Waals surface area contributed by atoms with Gasteiger partial charge < -0.3 is 14.2 Å². The molecular formula is C18H29N3O3. The molecule has 134 valence electrons. The molecule has 1 heterocycles. The summed E-state index contributed by atoms with van der Waals surface area (Å²) < 4.78 is 11.4. The number of nitrogens with zero attached hydrogens (tertiary/aromatic N) is 3. The highest BCUT2D eigenvalue weighted by Crippen LogP contribution is 2.41. The zero-order chi connectivity index (χ0) is 17.0. The highest BCUT2D eigenvalue weighted by molar-refractivity contribution is 5.78. The summed E-state index contributed by atoms with van der Waals surface area (Å²) in [6.45, 7) is 2.61. The first kappa shape index (κ1) is 17.4. The molecule has 2 aliphatic rings. The van der Waals surface area contributed by atoms with Gasteiger partial charge in [-0.05, 0) is 45.4 Å². The molecule has 0 spiro atoms. The van der Waals surface area contributed by atoms with Crippen molar-refractivity contribution in [1.29, 1.82) is 0 Å². The molecule has 1 amide bonds. The van der Waals surface area contributed by atoms with E-state index in [1.165, 1.54) is 19.3 Å². The summed E-state index contributed by atoms with van der Waals surface area (Å²) in [5, 5.41) is 4.04. The van der Waals surface area contributed by atoms with Crippen LogP contribution in [0.25, 0.3) is 0 Å². The van der Waals surface area contributed by atoms with Crippen LogP contribution in [0.3, 0.4) is 0 Å². The van der Waals surface area contributed by atoms with Crippen LogP contribution in [-0.2, 0) is 21.6 Å². The number of ether oxygens (including phenoxy) is 1. The number of likely N-dealkylation sites (N-methyl/N-ethyl adjacent to an activating group) is 1. The highest BCUT2D eigenvalue weighted by atomic mass is 16.5. The van der Waals surface area contributed by atoms with E-state index in [2.05, 4.69) is 10.1 Å². The molecule has 0 aliphatic heterocycles. The zero-order valence-electron chi connectivity index (χ0n) is 14.9. The lowest BCUT2D eigenvalue weighted by Crippen LogP contribution is -2.39. The van der Waals surface area contributed by atoms with Crippen LogP contribution < -0.4 is 0 Å². The number of carbonyl (C=O) groups is 1. The quantitative estimate of drug-likeness (QED) is 0.798. The molecule has 1 aromatic heterocycles. The van der Waals surface area contributed by atoms with Crippen molar-refractivity contribution in [2.45, 2.75) is 82.8 Å². The van der Waals surface area contributed by atoms with Crippen LogP contribution in [0.2, 0.25) is 0 Å². The highest BCUT2D eigenvalue weighted by Gasteiger charge is 2.41. The van der Waals surface area contributed by atoms with E-state index < -0.39 is 5.60 Å². The monoisotopic (exact) mass is 335 g/mol. The van der Waals surface area contributed by atoms with Crippen molar-refractivity contribution in [3.05, 3.63) is 11.7 Å². The number of amides is 1. The van der Waals surface area contributed by atoms with Gasteiger partial charge in [0.1, 0.15) is 5.60 Å². The molecule has 0 atom stereocenters. The summed E-state index contributed by atoms with van der Waals surface area (Å²) in [6.07, 6.45) is 10.2. The number of hydrogen-bond acceptors (Lipinski definition) is 5. The van der Waals surface area contributed by atoms with E-state index in [1.807, 2.05) is 18.9 Å². The second kappa shape index (κ2) is 7.64. The summed E-state index contributed by atoms with van der Waals surface area (Å²) >= 11 is 0. The summed E-state index contributed by atoms with van der Waals surface area (Å²) in [6, 6.07) is 0.363. The number of hydrogen-bond donors (Lipinski definition) is 0. The van der Waals surface area contributed by atoms with Crippen molar-refractivity contribution in [3.8, 4) is 0 Å². The first-order valence-corrected chi connectivity index (χ1v) is 9.37. The number of rotatable bonds is 6. The maximum absolute atomic E-state index is 12.5. The lowest BCUT2D eigenvalue weighted by Gasteiger charge is -2.31. The number of carbonyl (C=O) groups excluding carboxylic acids is 1. The zero-order valence-corrected chi connectivity index (χ0v) is 14.9. The van der Waals surface area contributed by atoms with Crippen LogP contribution in [0.5, 0.6) is 0 Å². The Labute approximate surface area is 143 Å². The molecule has 0 saturated heterocycles. The van der Waals surface area contributed by atoms with Crippen LogP contribution in [0.4, 0.5) is 0 Å². The van der Waals surface area contributed by atoms with E-state index >= 15 is 0 Å². The second-order valence-electron chi connectivity index (χ2n) is 7.12. The Kier molecular flexibility index (Phi) is 5.54. The molecule has 3 rings (SSSR count). The summed E-state index contributed by atoms with van der Waals surface area (Å²) in [4.78, 5) is 18.9. The molecule has 1 aromatic rings. The second-order valence-corrected chi connectivity index (χ2v) is 7.12. The van der Waals surface area contributed by atoms with Gasteiger partial charge in [-0.3, -0.25) is 4.79 Å². The van der Waals surface area contributed by atoms with E-state index in [1.54, 1.807) is 0 Å². The molecule has 2 fully saturated rings. The van der Waals surface area contributed by atoms with Crippen molar-refractivity contribution >= 4 is 5.91 Å². The van der Waals surface area contributed by atoms with Crippen LogP contribution in [-0.4, -0.2) is 40.6 Å². The van der Waals surface area contributed by atoms with E-state index in [0.717, 1.165) is 38.5 Å². The van der Waals surface area contributed by atoms with Crippen molar-refractivity contribution in [2.24, 2.45) is 0 Å². The predicted octanol–water partition coefficient (Wildman–Crippen LogP) is 3.21. The standard InChI is InChI=1S/C18H29N3O3/c1-3-23-18(11-7-8-12-18)17-19-15(20-24-17)13-16(22)21(2)14-9-5-4-6-10-14/h14H,3-13H2,1-2H3. The average Bonchev–Trinajstić information content (AvgIpc) is 3.25. The van der Waals surface area contributed by atoms with Gasteiger partial charge in [0.25, 0.3) is 5.89 Å². The van der Waals surface area contributed by atoms with Gasteiger partial charge in [0.15, 0.2) is 5.82 Å². The van der Waals surface area contributed by atoms with E-state index in [-0.39, 0.29) is 12.3 Å². The van der Waals surface area contributed by atoms with Crippen molar-refractivity contribution < 1.29 is 14.1 Å². The minimum absolute atomic E-state index is 0.0751. The fourth-order valence-electron chi connectivity index (χ4n) is 4.09. The minimum Gasteiger partial charge on any atom is -0.365 e. The van der Waals surface area contributed by atoms with Crippen LogP contribution in [0.1, 0.15) is 76.4 Å². The van der Waals surface area contributed by atoms with Gasteiger partial charge in [-0.25, -0.2) is 0 Å². The topological polar surface area (TPSA) is 68.5 Å². The molecule has 2 saturated carbocycles. The fourth-order valence-corrected chi connectivity index (χ4v) is 4.09. The van der Waals surface area contributed by atoms with Gasteiger partial charge in [-0.1, -0.05) is 24.4 Å². The Morgan fingerprint density at radius 2 is 1.96 bits per heavy atom. The molecule has 0 bridgehead atoms. The largest absolute Gasteiger partial charge is 0.365 e. The maximum Gasteiger partial charge on any atom is 0.258 e. The SMILES string of the molecule is CCOC1(c2nc(CC(=O)N(C)C3CCCCC3)no2)CCCC1. The molecule has 0 aromatic carbocycles. The summed E-state index contributed by atoms with van der Waals surface area (Å²) in [7, 11) is 1.90. The first-order chi connectivity index (χ1) is 11.6. The Bertz CT molecular complexity index is 545. The third-order valence-corrected chi connectivity index (χ3v) is 5.51. The normalized spacial score (nSPS) is 21.1. The van der Waals surface area contributed by atoms with E-state index in [0.29, 0.717) is 24.4 Å². The third-order valence-electron chi connectivity index (χ3n) is 5.51. The van der Waals surface area contributed by atoms with Gasteiger partial charge >= 0.3 is 0 Å². The van der Waals surface area contributed by atoms with E-state index in [4.69, 9.17) is 9.26 Å². The van der Waals surface area contributed by atoms with E-state index in [9.17, 15) is 4.79 Å². The average molecular weight is 335 g/mol. The first-order valence-electron chi connectivity index (χ1n) is 9.37. The van der Waals surface area contributed by atoms with Crippen LogP contribution >= 0.6 is 0 Å². The molecular weight excluding hydrogens is 306 g/mol. The van der Waals surface area contributed by atoms with Crippen LogP contribution in [0.15, 0.2) is 4.52 Å². The lowest BCUT2D eigenvalue weighted by atomic mass is 9.94. The van der Waals surface area contributed by atoms with Gasteiger partial charge in [-0.15, -0.1) is 0 Å². The van der Waals surface area contributed by atoms with Gasteiger partial charge in [0.05, 0.1) is 6.42 Å². The fraction of sp³-hybridized carbons (Fsp3) is 0.833. The molecule has 6 heteroatoms. The van der Waals surface area contributed by atoms with Crippen molar-refractivity contribution in [1.82, 2.24) is 15.0 Å². The van der Waals surface area contributed by atoms with Crippen molar-refractivity contribution in [3.63, 3.8) is 0 Å². The summed E-state index contributed by atoms with van der Waals surface area (Å²) in [5.74, 6) is 1.10. The van der Waals surface area contributed by atoms with Crippen LogP contribution in [0, 0.1) is 0 Å². The maximum atomic E-state index is 12.5. The van der Waals surface area contributed by atoms with Gasteiger partial charge in [-0.2, -0.15) is 4.98 Å². The number of aromatic nitrogens is 2. The Morgan fingerprint density at radius 1 is 1.25 bits per heavy atom. The van der Waals surface area contributed by atoms with Crippen molar-refractivity contribution in [2.75, 3.05) is 13.7 Å². The Balaban J connectivity index is 1.63. The summed E-state index contributed by atoms with van der Waals surface area (Å²) in [5.41, 5.74) is -0.432. The lowest BCUT2D eigenvalue weighted by molar-refractivity contribution is -0.131.